The van der Waals surface area contributed by atoms with Gasteiger partial charge in [-0.3, -0.25) is 0 Å². The summed E-state index contributed by atoms with van der Waals surface area (Å²) < 4.78 is 31.2. The number of ether oxygens (including phenoxy) is 1. The SMILES string of the molecule is CCCC1CC(NC)(C(F)F)CCO1. The highest BCUT2D eigenvalue weighted by Crippen LogP contribution is 2.31. The lowest BCUT2D eigenvalue weighted by Crippen LogP contribution is -2.55. The Morgan fingerprint density at radius 3 is 2.79 bits per heavy atom. The summed E-state index contributed by atoms with van der Waals surface area (Å²) >= 11 is 0. The van der Waals surface area contributed by atoms with Gasteiger partial charge in [0.05, 0.1) is 11.6 Å². The van der Waals surface area contributed by atoms with Crippen LogP contribution in [0, 0.1) is 0 Å². The van der Waals surface area contributed by atoms with E-state index in [0.717, 1.165) is 12.8 Å². The maximum atomic E-state index is 12.9. The first kappa shape index (κ1) is 11.9. The van der Waals surface area contributed by atoms with Crippen molar-refractivity contribution in [1.82, 2.24) is 5.32 Å². The molecule has 1 aliphatic rings. The molecular weight excluding hydrogens is 188 g/mol. The lowest BCUT2D eigenvalue weighted by atomic mass is 9.86. The molecule has 0 aromatic carbocycles. The lowest BCUT2D eigenvalue weighted by molar-refractivity contribution is -0.0832. The molecule has 1 fully saturated rings. The van der Waals surface area contributed by atoms with E-state index >= 15 is 0 Å². The van der Waals surface area contributed by atoms with Gasteiger partial charge in [0.15, 0.2) is 0 Å². The van der Waals surface area contributed by atoms with Crippen molar-refractivity contribution < 1.29 is 13.5 Å². The summed E-state index contributed by atoms with van der Waals surface area (Å²) in [4.78, 5) is 0. The first-order valence-electron chi connectivity index (χ1n) is 5.23. The third kappa shape index (κ3) is 2.42. The van der Waals surface area contributed by atoms with Gasteiger partial charge >= 0.3 is 0 Å². The van der Waals surface area contributed by atoms with Crippen molar-refractivity contribution in [2.45, 2.75) is 50.7 Å². The third-order valence-electron chi connectivity index (χ3n) is 3.02. The molecule has 1 heterocycles. The Balaban J connectivity index is 2.59. The Kier molecular flexibility index (Phi) is 4.26. The van der Waals surface area contributed by atoms with Crippen LogP contribution in [0.2, 0.25) is 0 Å². The summed E-state index contributed by atoms with van der Waals surface area (Å²) in [6, 6.07) is 0. The molecule has 0 bridgehead atoms. The second kappa shape index (κ2) is 5.03. The molecule has 84 valence electrons. The normalized spacial score (nSPS) is 33.6. The molecule has 0 radical (unpaired) electrons. The third-order valence-corrected chi connectivity index (χ3v) is 3.02. The summed E-state index contributed by atoms with van der Waals surface area (Å²) in [5, 5.41) is 2.78. The fourth-order valence-corrected chi connectivity index (χ4v) is 2.02. The van der Waals surface area contributed by atoms with E-state index in [4.69, 9.17) is 4.74 Å². The molecule has 4 heteroatoms. The first-order valence-corrected chi connectivity index (χ1v) is 5.23. The van der Waals surface area contributed by atoms with Gasteiger partial charge in [0.25, 0.3) is 6.43 Å². The van der Waals surface area contributed by atoms with Gasteiger partial charge in [0, 0.05) is 6.61 Å². The molecule has 0 amide bonds. The smallest absolute Gasteiger partial charge is 0.256 e. The molecule has 0 aliphatic carbocycles. The average Bonchev–Trinajstić information content (AvgIpc) is 2.18. The zero-order valence-electron chi connectivity index (χ0n) is 8.85. The number of halogens is 2. The Morgan fingerprint density at radius 2 is 2.29 bits per heavy atom. The zero-order chi connectivity index (χ0) is 10.6. The lowest BCUT2D eigenvalue weighted by Gasteiger charge is -2.40. The predicted octanol–water partition coefficient (Wildman–Crippen LogP) is 2.19. The van der Waals surface area contributed by atoms with E-state index in [9.17, 15) is 8.78 Å². The van der Waals surface area contributed by atoms with Gasteiger partial charge in [-0.2, -0.15) is 0 Å². The monoisotopic (exact) mass is 207 g/mol. The van der Waals surface area contributed by atoms with E-state index in [1.54, 1.807) is 7.05 Å². The van der Waals surface area contributed by atoms with Gasteiger partial charge in [0.2, 0.25) is 0 Å². The number of alkyl halides is 2. The van der Waals surface area contributed by atoms with E-state index < -0.39 is 12.0 Å². The van der Waals surface area contributed by atoms with Crippen LogP contribution in [0.5, 0.6) is 0 Å². The van der Waals surface area contributed by atoms with Crippen LogP contribution in [0.4, 0.5) is 8.78 Å². The first-order chi connectivity index (χ1) is 6.64. The molecule has 0 saturated carbocycles. The molecule has 1 aliphatic heterocycles. The summed E-state index contributed by atoms with van der Waals surface area (Å²) in [5.41, 5.74) is -1.02. The van der Waals surface area contributed by atoms with Crippen LogP contribution in [0.1, 0.15) is 32.6 Å². The molecule has 1 rings (SSSR count). The van der Waals surface area contributed by atoms with Crippen LogP contribution < -0.4 is 5.32 Å². The van der Waals surface area contributed by atoms with Gasteiger partial charge in [0.1, 0.15) is 0 Å². The molecule has 14 heavy (non-hydrogen) atoms. The minimum Gasteiger partial charge on any atom is -0.378 e. The molecule has 1 N–H and O–H groups in total. The molecule has 2 unspecified atom stereocenters. The average molecular weight is 207 g/mol. The number of nitrogens with one attached hydrogen (secondary N) is 1. The van der Waals surface area contributed by atoms with Gasteiger partial charge in [-0.05, 0) is 26.3 Å². The molecule has 0 aromatic rings. The van der Waals surface area contributed by atoms with E-state index in [2.05, 4.69) is 5.32 Å². The Labute approximate surface area is 84.0 Å². The van der Waals surface area contributed by atoms with E-state index in [1.807, 2.05) is 6.92 Å². The van der Waals surface area contributed by atoms with Crippen LogP contribution in [-0.4, -0.2) is 31.7 Å². The van der Waals surface area contributed by atoms with Crippen molar-refractivity contribution in [2.75, 3.05) is 13.7 Å². The molecule has 2 atom stereocenters. The van der Waals surface area contributed by atoms with Crippen molar-refractivity contribution in [2.24, 2.45) is 0 Å². The Hall–Kier alpha value is -0.220. The second-order valence-corrected chi connectivity index (χ2v) is 3.94. The molecule has 2 nitrogen and oxygen atoms in total. The Morgan fingerprint density at radius 1 is 1.57 bits per heavy atom. The van der Waals surface area contributed by atoms with E-state index in [0.29, 0.717) is 19.4 Å². The summed E-state index contributed by atoms with van der Waals surface area (Å²) in [5.74, 6) is 0. The minimum atomic E-state index is -2.31. The van der Waals surface area contributed by atoms with E-state index in [-0.39, 0.29) is 6.10 Å². The second-order valence-electron chi connectivity index (χ2n) is 3.94. The van der Waals surface area contributed by atoms with Crippen molar-refractivity contribution in [1.29, 1.82) is 0 Å². The minimum absolute atomic E-state index is 0.00444. The number of rotatable bonds is 4. The van der Waals surface area contributed by atoms with Gasteiger partial charge in [-0.15, -0.1) is 0 Å². The highest BCUT2D eigenvalue weighted by molar-refractivity contribution is 4.94. The molecular formula is C10H19F2NO. The van der Waals surface area contributed by atoms with Crippen LogP contribution in [-0.2, 0) is 4.74 Å². The quantitative estimate of drug-likeness (QED) is 0.763. The zero-order valence-corrected chi connectivity index (χ0v) is 8.85. The highest BCUT2D eigenvalue weighted by Gasteiger charge is 2.42. The molecule has 0 spiro atoms. The standard InChI is InChI=1S/C10H19F2NO/c1-3-4-8-7-10(13-2,9(11)12)5-6-14-8/h8-9,13H,3-7H2,1-2H3. The summed E-state index contributed by atoms with van der Waals surface area (Å²) in [7, 11) is 1.61. The fraction of sp³-hybridized carbons (Fsp3) is 1.00. The largest absolute Gasteiger partial charge is 0.378 e. The van der Waals surface area contributed by atoms with Gasteiger partial charge in [-0.25, -0.2) is 8.78 Å². The maximum Gasteiger partial charge on any atom is 0.256 e. The van der Waals surface area contributed by atoms with Crippen molar-refractivity contribution in [3.63, 3.8) is 0 Å². The number of hydrogen-bond acceptors (Lipinski definition) is 2. The van der Waals surface area contributed by atoms with Crippen LogP contribution >= 0.6 is 0 Å². The van der Waals surface area contributed by atoms with Gasteiger partial charge < -0.3 is 10.1 Å². The van der Waals surface area contributed by atoms with Crippen LogP contribution in [0.15, 0.2) is 0 Å². The number of hydrogen-bond donors (Lipinski definition) is 1. The molecule has 0 aromatic heterocycles. The molecule has 1 saturated heterocycles. The summed E-state index contributed by atoms with van der Waals surface area (Å²) in [6.07, 6.45) is 0.367. The van der Waals surface area contributed by atoms with Crippen molar-refractivity contribution in [3.05, 3.63) is 0 Å². The highest BCUT2D eigenvalue weighted by atomic mass is 19.3. The van der Waals surface area contributed by atoms with Crippen molar-refractivity contribution in [3.8, 4) is 0 Å². The fourth-order valence-electron chi connectivity index (χ4n) is 2.02. The summed E-state index contributed by atoms with van der Waals surface area (Å²) in [6.45, 7) is 2.48. The Bertz CT molecular complexity index is 176. The predicted molar refractivity (Wildman–Crippen MR) is 51.7 cm³/mol. The van der Waals surface area contributed by atoms with Gasteiger partial charge in [-0.1, -0.05) is 13.3 Å². The maximum absolute atomic E-state index is 12.9. The van der Waals surface area contributed by atoms with Crippen LogP contribution in [0.3, 0.4) is 0 Å². The van der Waals surface area contributed by atoms with E-state index in [1.165, 1.54) is 0 Å². The van der Waals surface area contributed by atoms with Crippen LogP contribution in [0.25, 0.3) is 0 Å². The topological polar surface area (TPSA) is 21.3 Å². The van der Waals surface area contributed by atoms with Crippen molar-refractivity contribution >= 4 is 0 Å².